The lowest BCUT2D eigenvalue weighted by atomic mass is 10.1. The van der Waals surface area contributed by atoms with Gasteiger partial charge in [0.15, 0.2) is 0 Å². The molecule has 0 fully saturated rings. The molecule has 3 rings (SSSR count). The van der Waals surface area contributed by atoms with Gasteiger partial charge in [-0.25, -0.2) is 0 Å². The number of nitrogens with one attached hydrogen (secondary N) is 1. The van der Waals surface area contributed by atoms with Crippen molar-refractivity contribution < 1.29 is 4.74 Å². The Bertz CT molecular complexity index is 731. The van der Waals surface area contributed by atoms with Gasteiger partial charge in [-0.2, -0.15) is 0 Å². The third-order valence-electron chi connectivity index (χ3n) is 3.59. The fourth-order valence-electron chi connectivity index (χ4n) is 2.46. The summed E-state index contributed by atoms with van der Waals surface area (Å²) >= 11 is 0. The molecule has 23 heavy (non-hydrogen) atoms. The van der Waals surface area contributed by atoms with Crippen LogP contribution in [0.4, 0.5) is 0 Å². The van der Waals surface area contributed by atoms with Crippen LogP contribution in [0.3, 0.4) is 0 Å². The predicted octanol–water partition coefficient (Wildman–Crippen LogP) is 3.78. The molecule has 5 heteroatoms. The molecule has 120 valence electrons. The van der Waals surface area contributed by atoms with Crippen LogP contribution in [0.25, 0.3) is 10.9 Å². The van der Waals surface area contributed by atoms with Crippen LogP contribution in [0.15, 0.2) is 61.1 Å². The van der Waals surface area contributed by atoms with Crippen molar-refractivity contribution >= 4 is 23.3 Å². The molecule has 0 amide bonds. The van der Waals surface area contributed by atoms with E-state index in [0.717, 1.165) is 29.6 Å². The zero-order valence-electron chi connectivity index (χ0n) is 13.0. The number of rotatable bonds is 6. The van der Waals surface area contributed by atoms with E-state index in [1.54, 1.807) is 18.6 Å². The monoisotopic (exact) mass is 329 g/mol. The average Bonchev–Trinajstić information content (AvgIpc) is 2.59. The first-order chi connectivity index (χ1) is 10.9. The van der Waals surface area contributed by atoms with Crippen LogP contribution in [0.5, 0.6) is 5.75 Å². The molecule has 0 spiro atoms. The second kappa shape index (κ2) is 8.46. The Morgan fingerprint density at radius 1 is 1.09 bits per heavy atom. The summed E-state index contributed by atoms with van der Waals surface area (Å²) in [5, 5.41) is 4.17. The zero-order valence-corrected chi connectivity index (χ0v) is 13.8. The van der Waals surface area contributed by atoms with Crippen molar-refractivity contribution in [2.24, 2.45) is 0 Å². The summed E-state index contributed by atoms with van der Waals surface area (Å²) in [6, 6.07) is 14.2. The largest absolute Gasteiger partial charge is 0.483 e. The first-order valence-corrected chi connectivity index (χ1v) is 7.43. The van der Waals surface area contributed by atoms with Crippen molar-refractivity contribution in [2.45, 2.75) is 12.5 Å². The van der Waals surface area contributed by atoms with Crippen LogP contribution < -0.4 is 10.1 Å². The van der Waals surface area contributed by atoms with Crippen molar-refractivity contribution in [1.29, 1.82) is 0 Å². The molecule has 1 aromatic carbocycles. The van der Waals surface area contributed by atoms with Crippen LogP contribution in [0, 0.1) is 0 Å². The summed E-state index contributed by atoms with van der Waals surface area (Å²) in [5.41, 5.74) is 2.01. The highest BCUT2D eigenvalue weighted by Gasteiger charge is 2.14. The van der Waals surface area contributed by atoms with Crippen molar-refractivity contribution in [3.63, 3.8) is 0 Å². The van der Waals surface area contributed by atoms with Gasteiger partial charge in [-0.3, -0.25) is 9.97 Å². The lowest BCUT2D eigenvalue weighted by molar-refractivity contribution is 0.197. The van der Waals surface area contributed by atoms with Gasteiger partial charge in [0.2, 0.25) is 0 Å². The van der Waals surface area contributed by atoms with Crippen molar-refractivity contribution in [1.82, 2.24) is 15.3 Å². The van der Waals surface area contributed by atoms with E-state index >= 15 is 0 Å². The minimum Gasteiger partial charge on any atom is -0.483 e. The second-order valence-electron chi connectivity index (χ2n) is 5.12. The Morgan fingerprint density at radius 2 is 1.91 bits per heavy atom. The number of ether oxygens (including phenoxy) is 1. The Balaban J connectivity index is 0.00000192. The summed E-state index contributed by atoms with van der Waals surface area (Å²) < 4.78 is 6.27. The lowest BCUT2D eigenvalue weighted by Gasteiger charge is -2.20. The Hall–Kier alpha value is -2.17. The van der Waals surface area contributed by atoms with Crippen LogP contribution in [0.1, 0.15) is 18.1 Å². The Labute approximate surface area is 142 Å². The molecular formula is C18H20ClN3O. The number of benzene rings is 1. The molecule has 0 aliphatic rings. The highest BCUT2D eigenvalue weighted by molar-refractivity contribution is 5.85. The van der Waals surface area contributed by atoms with Gasteiger partial charge in [-0.05, 0) is 31.3 Å². The maximum Gasteiger partial charge on any atom is 0.147 e. The Kier molecular flexibility index (Phi) is 6.32. The normalized spacial score (nSPS) is 11.7. The summed E-state index contributed by atoms with van der Waals surface area (Å²) in [7, 11) is 1.95. The predicted molar refractivity (Wildman–Crippen MR) is 95.1 cm³/mol. The van der Waals surface area contributed by atoms with Crippen LogP contribution >= 0.6 is 12.4 Å². The van der Waals surface area contributed by atoms with Gasteiger partial charge in [0.25, 0.3) is 0 Å². The molecule has 2 heterocycles. The number of halogens is 1. The maximum atomic E-state index is 6.27. The standard InChI is InChI=1S/C18H19N3O.ClH/c1-19-11-9-17(14-6-3-2-4-7-14)22-18-13-20-12-16-15(18)8-5-10-21-16;/h2-8,10,12-13,17,19H,9,11H2,1H3;1H/t17-;/m1./s1. The molecule has 1 N–H and O–H groups in total. The van der Waals surface area contributed by atoms with Gasteiger partial charge >= 0.3 is 0 Å². The third kappa shape index (κ3) is 4.18. The molecule has 2 aromatic heterocycles. The number of nitrogens with zero attached hydrogens (tertiary/aromatic N) is 2. The lowest BCUT2D eigenvalue weighted by Crippen LogP contribution is -2.16. The number of hydrogen-bond donors (Lipinski definition) is 1. The number of pyridine rings is 2. The number of hydrogen-bond acceptors (Lipinski definition) is 4. The minimum atomic E-state index is -0.0127. The quantitative estimate of drug-likeness (QED) is 0.747. The van der Waals surface area contributed by atoms with Gasteiger partial charge in [-0.1, -0.05) is 30.3 Å². The molecule has 0 saturated carbocycles. The molecule has 0 saturated heterocycles. The molecule has 0 bridgehead atoms. The molecule has 0 unspecified atom stereocenters. The minimum absolute atomic E-state index is 0. The summed E-state index contributed by atoms with van der Waals surface area (Å²) in [6.07, 6.45) is 6.16. The topological polar surface area (TPSA) is 47.0 Å². The summed E-state index contributed by atoms with van der Waals surface area (Å²) in [5.74, 6) is 0.774. The van der Waals surface area contributed by atoms with E-state index in [9.17, 15) is 0 Å². The van der Waals surface area contributed by atoms with Crippen molar-refractivity contribution in [3.05, 3.63) is 66.6 Å². The molecule has 0 aliphatic carbocycles. The smallest absolute Gasteiger partial charge is 0.147 e. The maximum absolute atomic E-state index is 6.27. The van der Waals surface area contributed by atoms with Gasteiger partial charge in [0.1, 0.15) is 11.9 Å². The fraction of sp³-hybridized carbons (Fsp3) is 0.222. The first-order valence-electron chi connectivity index (χ1n) is 7.43. The third-order valence-corrected chi connectivity index (χ3v) is 3.59. The SMILES string of the molecule is CNCC[C@@H](Oc1cncc2ncccc12)c1ccccc1.Cl. The average molecular weight is 330 g/mol. The molecule has 0 aliphatic heterocycles. The van der Waals surface area contributed by atoms with Gasteiger partial charge in [0, 0.05) is 18.0 Å². The van der Waals surface area contributed by atoms with Crippen molar-refractivity contribution in [2.75, 3.05) is 13.6 Å². The van der Waals surface area contributed by atoms with Gasteiger partial charge in [-0.15, -0.1) is 12.4 Å². The Morgan fingerprint density at radius 3 is 2.70 bits per heavy atom. The van der Waals surface area contributed by atoms with Crippen LogP contribution in [-0.2, 0) is 0 Å². The van der Waals surface area contributed by atoms with Gasteiger partial charge < -0.3 is 10.1 Å². The van der Waals surface area contributed by atoms with Crippen molar-refractivity contribution in [3.8, 4) is 5.75 Å². The highest BCUT2D eigenvalue weighted by atomic mass is 35.5. The van der Waals surface area contributed by atoms with E-state index in [1.807, 2.05) is 37.4 Å². The number of aromatic nitrogens is 2. The van der Waals surface area contributed by atoms with Gasteiger partial charge in [0.05, 0.1) is 17.9 Å². The summed E-state index contributed by atoms with van der Waals surface area (Å²) in [4.78, 5) is 8.57. The molecule has 3 aromatic rings. The van der Waals surface area contributed by atoms with Crippen LogP contribution in [0.2, 0.25) is 0 Å². The zero-order chi connectivity index (χ0) is 15.2. The second-order valence-corrected chi connectivity index (χ2v) is 5.12. The number of fused-ring (bicyclic) bond motifs is 1. The first kappa shape index (κ1) is 17.2. The van der Waals surface area contributed by atoms with E-state index in [-0.39, 0.29) is 18.5 Å². The van der Waals surface area contributed by atoms with Crippen LogP contribution in [-0.4, -0.2) is 23.6 Å². The van der Waals surface area contributed by atoms with E-state index < -0.39 is 0 Å². The van der Waals surface area contributed by atoms with E-state index in [0.29, 0.717) is 0 Å². The molecule has 1 atom stereocenters. The van der Waals surface area contributed by atoms with E-state index in [1.165, 1.54) is 5.56 Å². The van der Waals surface area contributed by atoms with E-state index in [4.69, 9.17) is 4.74 Å². The van der Waals surface area contributed by atoms with E-state index in [2.05, 4.69) is 27.4 Å². The molecule has 0 radical (unpaired) electrons. The molecular weight excluding hydrogens is 310 g/mol. The molecule has 4 nitrogen and oxygen atoms in total. The fourth-order valence-corrected chi connectivity index (χ4v) is 2.46. The highest BCUT2D eigenvalue weighted by Crippen LogP contribution is 2.29. The summed E-state index contributed by atoms with van der Waals surface area (Å²) in [6.45, 7) is 0.885.